The molecule has 0 atom stereocenters. The summed E-state index contributed by atoms with van der Waals surface area (Å²) >= 11 is 1.70. The molecule has 0 aliphatic carbocycles. The fraction of sp³-hybridized carbons (Fsp3) is 0.417. The number of benzene rings is 1. The Morgan fingerprint density at radius 1 is 1.38 bits per heavy atom. The van der Waals surface area contributed by atoms with Gasteiger partial charge in [-0.25, -0.2) is 4.79 Å². The highest BCUT2D eigenvalue weighted by molar-refractivity contribution is 7.98. The molecule has 0 aromatic heterocycles. The van der Waals surface area contributed by atoms with Crippen LogP contribution in [0.1, 0.15) is 18.1 Å². The molecule has 0 saturated carbocycles. The van der Waals surface area contributed by atoms with E-state index in [0.717, 1.165) is 11.1 Å². The van der Waals surface area contributed by atoms with Crippen LogP contribution in [0.25, 0.3) is 0 Å². The highest BCUT2D eigenvalue weighted by atomic mass is 32.2. The summed E-state index contributed by atoms with van der Waals surface area (Å²) in [5, 5.41) is 2.60. The van der Waals surface area contributed by atoms with Crippen LogP contribution in [0, 0.1) is 13.8 Å². The highest BCUT2D eigenvalue weighted by Gasteiger charge is 2.07. The maximum absolute atomic E-state index is 11.3. The lowest BCUT2D eigenvalue weighted by Crippen LogP contribution is -2.26. The van der Waals surface area contributed by atoms with Gasteiger partial charge in [0, 0.05) is 11.4 Å². The molecule has 0 aliphatic rings. The molecule has 0 fully saturated rings. The van der Waals surface area contributed by atoms with Crippen molar-refractivity contribution >= 4 is 17.9 Å². The fourth-order valence-corrected chi connectivity index (χ4v) is 2.34. The Balaban J connectivity index is 2.87. The zero-order valence-corrected chi connectivity index (χ0v) is 10.9. The molecule has 1 aromatic rings. The Morgan fingerprint density at radius 2 is 1.94 bits per heavy atom. The summed E-state index contributed by atoms with van der Waals surface area (Å²) < 4.78 is 5.16. The van der Waals surface area contributed by atoms with Crippen LogP contribution in [0.2, 0.25) is 0 Å². The largest absolute Gasteiger partial charge is 0.412 e. The molecule has 4 heteroatoms. The summed E-state index contributed by atoms with van der Waals surface area (Å²) in [6.45, 7) is 6.46. The molecule has 0 bridgehead atoms. The van der Waals surface area contributed by atoms with E-state index in [0.29, 0.717) is 12.3 Å². The zero-order valence-electron chi connectivity index (χ0n) is 10.1. The first-order valence-corrected chi connectivity index (χ1v) is 6.41. The van der Waals surface area contributed by atoms with E-state index in [-0.39, 0.29) is 0 Å². The van der Waals surface area contributed by atoms with Crippen LogP contribution in [-0.4, -0.2) is 18.9 Å². The SMILES string of the molecule is CCNC(=O)Oc1cc(C)c(SC)c(C)c1. The van der Waals surface area contributed by atoms with Crippen LogP contribution in [0.5, 0.6) is 5.75 Å². The number of carbonyl (C=O) groups is 1. The predicted molar refractivity (Wildman–Crippen MR) is 67.4 cm³/mol. The molecule has 1 amide bonds. The van der Waals surface area contributed by atoms with Crippen molar-refractivity contribution in [2.75, 3.05) is 12.8 Å². The number of aryl methyl sites for hydroxylation is 2. The average Bonchev–Trinajstić information content (AvgIpc) is 2.17. The lowest BCUT2D eigenvalue weighted by molar-refractivity contribution is 0.201. The van der Waals surface area contributed by atoms with E-state index in [4.69, 9.17) is 4.74 Å². The number of thioether (sulfide) groups is 1. The van der Waals surface area contributed by atoms with Crippen molar-refractivity contribution in [1.29, 1.82) is 0 Å². The summed E-state index contributed by atoms with van der Waals surface area (Å²) in [5.74, 6) is 0.596. The fourth-order valence-electron chi connectivity index (χ4n) is 1.58. The van der Waals surface area contributed by atoms with Gasteiger partial charge in [0.15, 0.2) is 0 Å². The minimum absolute atomic E-state index is 0.404. The van der Waals surface area contributed by atoms with Gasteiger partial charge >= 0.3 is 6.09 Å². The second kappa shape index (κ2) is 5.80. The molecule has 16 heavy (non-hydrogen) atoms. The lowest BCUT2D eigenvalue weighted by atomic mass is 10.1. The van der Waals surface area contributed by atoms with Crippen LogP contribution < -0.4 is 10.1 Å². The molecular weight excluding hydrogens is 222 g/mol. The molecule has 0 saturated heterocycles. The van der Waals surface area contributed by atoms with Gasteiger partial charge in [0.25, 0.3) is 0 Å². The smallest absolute Gasteiger partial charge is 0.410 e. The van der Waals surface area contributed by atoms with Crippen LogP contribution in [0.4, 0.5) is 4.79 Å². The molecule has 1 rings (SSSR count). The summed E-state index contributed by atoms with van der Waals surface area (Å²) in [7, 11) is 0. The first kappa shape index (κ1) is 12.9. The number of ether oxygens (including phenoxy) is 1. The minimum Gasteiger partial charge on any atom is -0.410 e. The lowest BCUT2D eigenvalue weighted by Gasteiger charge is -2.10. The van der Waals surface area contributed by atoms with Gasteiger partial charge < -0.3 is 10.1 Å². The number of carbonyl (C=O) groups excluding carboxylic acids is 1. The minimum atomic E-state index is -0.404. The van der Waals surface area contributed by atoms with Crippen LogP contribution in [-0.2, 0) is 0 Å². The second-order valence-corrected chi connectivity index (χ2v) is 4.33. The Hall–Kier alpha value is -1.16. The number of rotatable bonds is 3. The standard InChI is InChI=1S/C12H17NO2S/c1-5-13-12(14)15-10-6-8(2)11(16-4)9(3)7-10/h6-7H,5H2,1-4H3,(H,13,14). The van der Waals surface area contributed by atoms with Gasteiger partial charge in [-0.2, -0.15) is 0 Å². The molecule has 1 N–H and O–H groups in total. The predicted octanol–water partition coefficient (Wildman–Crippen LogP) is 3.13. The third-order valence-electron chi connectivity index (χ3n) is 2.17. The van der Waals surface area contributed by atoms with E-state index < -0.39 is 6.09 Å². The number of amides is 1. The van der Waals surface area contributed by atoms with Crippen molar-refractivity contribution in [2.45, 2.75) is 25.7 Å². The summed E-state index contributed by atoms with van der Waals surface area (Å²) in [5.41, 5.74) is 2.26. The van der Waals surface area contributed by atoms with E-state index in [1.54, 1.807) is 11.8 Å². The van der Waals surface area contributed by atoms with Gasteiger partial charge in [-0.05, 0) is 50.3 Å². The molecule has 0 unspecified atom stereocenters. The zero-order chi connectivity index (χ0) is 12.1. The van der Waals surface area contributed by atoms with Crippen LogP contribution >= 0.6 is 11.8 Å². The van der Waals surface area contributed by atoms with Crippen molar-refractivity contribution in [3.63, 3.8) is 0 Å². The van der Waals surface area contributed by atoms with Crippen molar-refractivity contribution in [1.82, 2.24) is 5.32 Å². The van der Waals surface area contributed by atoms with Crippen LogP contribution in [0.15, 0.2) is 17.0 Å². The van der Waals surface area contributed by atoms with E-state index in [1.807, 2.05) is 39.2 Å². The van der Waals surface area contributed by atoms with Gasteiger partial charge in [-0.3, -0.25) is 0 Å². The number of hydrogen-bond donors (Lipinski definition) is 1. The van der Waals surface area contributed by atoms with Gasteiger partial charge in [0.05, 0.1) is 0 Å². The number of hydrogen-bond acceptors (Lipinski definition) is 3. The maximum atomic E-state index is 11.3. The van der Waals surface area contributed by atoms with E-state index in [2.05, 4.69) is 5.32 Å². The maximum Gasteiger partial charge on any atom is 0.412 e. The first-order chi connectivity index (χ1) is 7.58. The van der Waals surface area contributed by atoms with Crippen molar-refractivity contribution in [3.05, 3.63) is 23.3 Å². The third-order valence-corrected chi connectivity index (χ3v) is 3.22. The Morgan fingerprint density at radius 3 is 2.38 bits per heavy atom. The van der Waals surface area contributed by atoms with Gasteiger partial charge in [0.2, 0.25) is 0 Å². The molecular formula is C12H17NO2S. The molecule has 1 aromatic carbocycles. The molecule has 0 radical (unpaired) electrons. The normalized spacial score (nSPS) is 10.0. The topological polar surface area (TPSA) is 38.3 Å². The average molecular weight is 239 g/mol. The molecule has 0 aliphatic heterocycles. The van der Waals surface area contributed by atoms with Gasteiger partial charge in [-0.1, -0.05) is 0 Å². The van der Waals surface area contributed by atoms with Crippen molar-refractivity contribution in [2.24, 2.45) is 0 Å². The second-order valence-electron chi connectivity index (χ2n) is 3.51. The summed E-state index contributed by atoms with van der Waals surface area (Å²) in [4.78, 5) is 12.5. The molecule has 88 valence electrons. The summed E-state index contributed by atoms with van der Waals surface area (Å²) in [6, 6.07) is 3.77. The Labute approximate surface area is 101 Å². The van der Waals surface area contributed by atoms with Gasteiger partial charge in [0.1, 0.15) is 5.75 Å². The quantitative estimate of drug-likeness (QED) is 0.823. The molecule has 0 heterocycles. The highest BCUT2D eigenvalue weighted by Crippen LogP contribution is 2.28. The van der Waals surface area contributed by atoms with E-state index >= 15 is 0 Å². The molecule has 3 nitrogen and oxygen atoms in total. The third kappa shape index (κ3) is 3.17. The Bertz CT molecular complexity index is 368. The number of nitrogens with one attached hydrogen (secondary N) is 1. The van der Waals surface area contributed by atoms with Crippen molar-refractivity contribution < 1.29 is 9.53 Å². The first-order valence-electron chi connectivity index (χ1n) is 5.19. The summed E-state index contributed by atoms with van der Waals surface area (Å²) in [6.07, 6.45) is 1.64. The van der Waals surface area contributed by atoms with Gasteiger partial charge in [-0.15, -0.1) is 11.8 Å². The van der Waals surface area contributed by atoms with Crippen LogP contribution in [0.3, 0.4) is 0 Å². The molecule has 0 spiro atoms. The monoisotopic (exact) mass is 239 g/mol. The van der Waals surface area contributed by atoms with Crippen molar-refractivity contribution in [3.8, 4) is 5.75 Å². The van der Waals surface area contributed by atoms with E-state index in [9.17, 15) is 4.79 Å². The van der Waals surface area contributed by atoms with E-state index in [1.165, 1.54) is 4.90 Å². The Kier molecular flexibility index (Phi) is 4.68.